The van der Waals surface area contributed by atoms with E-state index in [4.69, 9.17) is 4.74 Å². The molecule has 0 fully saturated rings. The summed E-state index contributed by atoms with van der Waals surface area (Å²) < 4.78 is 5.17. The fourth-order valence-corrected chi connectivity index (χ4v) is 1.32. The number of nitrogens with zero attached hydrogens (tertiary/aromatic N) is 1. The molecular weight excluding hydrogens is 152 g/mol. The van der Waals surface area contributed by atoms with Crippen molar-refractivity contribution in [2.24, 2.45) is 0 Å². The topological polar surface area (TPSA) is 37.9 Å². The minimum atomic E-state index is 0.841. The third-order valence-electron chi connectivity index (χ3n) is 2.02. The summed E-state index contributed by atoms with van der Waals surface area (Å²) in [6.07, 6.45) is 1.81. The third-order valence-corrected chi connectivity index (χ3v) is 2.02. The van der Waals surface area contributed by atoms with Gasteiger partial charge in [-0.3, -0.25) is 5.10 Å². The molecule has 3 nitrogen and oxygen atoms in total. The van der Waals surface area contributed by atoms with Crippen molar-refractivity contribution in [2.75, 3.05) is 7.11 Å². The Morgan fingerprint density at radius 3 is 3.00 bits per heavy atom. The highest BCUT2D eigenvalue weighted by molar-refractivity contribution is 5.86. The Balaban J connectivity index is 2.82. The van der Waals surface area contributed by atoms with Gasteiger partial charge >= 0.3 is 0 Å². The zero-order valence-electron chi connectivity index (χ0n) is 7.09. The van der Waals surface area contributed by atoms with E-state index in [9.17, 15) is 0 Å². The second-order valence-corrected chi connectivity index (χ2v) is 2.74. The molecule has 1 aromatic carbocycles. The van der Waals surface area contributed by atoms with E-state index in [1.54, 1.807) is 7.11 Å². The minimum absolute atomic E-state index is 0.841. The smallest absolute Gasteiger partial charge is 0.144 e. The fraction of sp³-hybridized carbons (Fsp3) is 0.222. The Bertz CT molecular complexity index is 406. The summed E-state index contributed by atoms with van der Waals surface area (Å²) in [5, 5.41) is 7.99. The third kappa shape index (κ3) is 0.863. The highest BCUT2D eigenvalue weighted by Crippen LogP contribution is 2.25. The molecule has 0 aliphatic heterocycles. The quantitative estimate of drug-likeness (QED) is 0.695. The first-order chi connectivity index (χ1) is 5.83. The number of hydrogen-bond donors (Lipinski definition) is 1. The van der Waals surface area contributed by atoms with Crippen LogP contribution in [0.2, 0.25) is 0 Å². The van der Waals surface area contributed by atoms with Crippen molar-refractivity contribution in [1.82, 2.24) is 10.2 Å². The maximum Gasteiger partial charge on any atom is 0.144 e. The average Bonchev–Trinajstić information content (AvgIpc) is 2.54. The van der Waals surface area contributed by atoms with Crippen LogP contribution in [0.15, 0.2) is 18.3 Å². The summed E-state index contributed by atoms with van der Waals surface area (Å²) in [6, 6.07) is 3.96. The molecule has 0 unspecified atom stereocenters. The molecule has 12 heavy (non-hydrogen) atoms. The van der Waals surface area contributed by atoms with Crippen molar-refractivity contribution in [3.05, 3.63) is 23.9 Å². The van der Waals surface area contributed by atoms with Crippen molar-refractivity contribution in [1.29, 1.82) is 0 Å². The summed E-state index contributed by atoms with van der Waals surface area (Å²) in [7, 11) is 1.66. The second kappa shape index (κ2) is 2.52. The van der Waals surface area contributed by atoms with Crippen molar-refractivity contribution < 1.29 is 4.74 Å². The number of fused-ring (bicyclic) bond motifs is 1. The molecule has 0 saturated carbocycles. The van der Waals surface area contributed by atoms with Gasteiger partial charge in [0, 0.05) is 5.39 Å². The van der Waals surface area contributed by atoms with E-state index in [0.717, 1.165) is 16.7 Å². The largest absolute Gasteiger partial charge is 0.494 e. The lowest BCUT2D eigenvalue weighted by Gasteiger charge is -2.01. The number of aromatic amines is 1. The molecule has 2 aromatic rings. The van der Waals surface area contributed by atoms with E-state index < -0.39 is 0 Å². The van der Waals surface area contributed by atoms with Gasteiger partial charge in [-0.2, -0.15) is 5.10 Å². The summed E-state index contributed by atoms with van der Waals surface area (Å²) in [6.45, 7) is 2.05. The SMILES string of the molecule is COc1ccc(C)c2cn[nH]c12. The number of aryl methyl sites for hydroxylation is 1. The van der Waals surface area contributed by atoms with Crippen molar-refractivity contribution in [3.63, 3.8) is 0 Å². The number of H-pyrrole nitrogens is 1. The Morgan fingerprint density at radius 1 is 1.42 bits per heavy atom. The van der Waals surface area contributed by atoms with Crippen LogP contribution in [0.5, 0.6) is 5.75 Å². The minimum Gasteiger partial charge on any atom is -0.494 e. The first-order valence-corrected chi connectivity index (χ1v) is 3.79. The zero-order chi connectivity index (χ0) is 8.55. The normalized spacial score (nSPS) is 10.5. The lowest BCUT2D eigenvalue weighted by Crippen LogP contribution is -1.85. The molecule has 1 aromatic heterocycles. The van der Waals surface area contributed by atoms with Crippen molar-refractivity contribution in [2.45, 2.75) is 6.92 Å². The van der Waals surface area contributed by atoms with Crippen LogP contribution >= 0.6 is 0 Å². The van der Waals surface area contributed by atoms with Crippen LogP contribution in [0.25, 0.3) is 10.9 Å². The van der Waals surface area contributed by atoms with Crippen LogP contribution in [0.4, 0.5) is 0 Å². The average molecular weight is 162 g/mol. The Kier molecular flexibility index (Phi) is 1.50. The number of rotatable bonds is 1. The van der Waals surface area contributed by atoms with Crippen LogP contribution in [-0.2, 0) is 0 Å². The first kappa shape index (κ1) is 7.16. The van der Waals surface area contributed by atoms with Crippen molar-refractivity contribution in [3.8, 4) is 5.75 Å². The van der Waals surface area contributed by atoms with Gasteiger partial charge in [0.25, 0.3) is 0 Å². The van der Waals surface area contributed by atoms with Gasteiger partial charge in [-0.1, -0.05) is 6.07 Å². The molecule has 62 valence electrons. The van der Waals surface area contributed by atoms with Crippen LogP contribution in [0.3, 0.4) is 0 Å². The molecule has 0 bridgehead atoms. The van der Waals surface area contributed by atoms with Gasteiger partial charge in [0.05, 0.1) is 13.3 Å². The molecule has 1 N–H and O–H groups in total. The summed E-state index contributed by atoms with van der Waals surface area (Å²) in [5.41, 5.74) is 2.18. The van der Waals surface area contributed by atoms with Gasteiger partial charge < -0.3 is 4.74 Å². The van der Waals surface area contributed by atoms with Gasteiger partial charge in [-0.25, -0.2) is 0 Å². The van der Waals surface area contributed by atoms with E-state index in [2.05, 4.69) is 17.1 Å². The summed E-state index contributed by atoms with van der Waals surface area (Å²) >= 11 is 0. The Morgan fingerprint density at radius 2 is 2.25 bits per heavy atom. The molecule has 0 aliphatic rings. The molecule has 0 radical (unpaired) electrons. The van der Waals surface area contributed by atoms with Gasteiger partial charge in [0.15, 0.2) is 0 Å². The van der Waals surface area contributed by atoms with Crippen molar-refractivity contribution >= 4 is 10.9 Å². The number of hydrogen-bond acceptors (Lipinski definition) is 2. The molecule has 1 heterocycles. The van der Waals surface area contributed by atoms with E-state index in [1.807, 2.05) is 18.3 Å². The summed E-state index contributed by atoms with van der Waals surface area (Å²) in [4.78, 5) is 0. The Hall–Kier alpha value is -1.51. The van der Waals surface area contributed by atoms with Gasteiger partial charge in [-0.15, -0.1) is 0 Å². The molecule has 2 rings (SSSR count). The lowest BCUT2D eigenvalue weighted by atomic mass is 10.1. The van der Waals surface area contributed by atoms with Gasteiger partial charge in [0.2, 0.25) is 0 Å². The summed E-state index contributed by atoms with van der Waals surface area (Å²) in [5.74, 6) is 0.841. The number of aromatic nitrogens is 2. The molecule has 0 atom stereocenters. The van der Waals surface area contributed by atoms with E-state index in [1.165, 1.54) is 5.56 Å². The van der Waals surface area contributed by atoms with Crippen LogP contribution in [-0.4, -0.2) is 17.3 Å². The predicted octanol–water partition coefficient (Wildman–Crippen LogP) is 1.88. The zero-order valence-corrected chi connectivity index (χ0v) is 7.09. The van der Waals surface area contributed by atoms with Gasteiger partial charge in [-0.05, 0) is 18.6 Å². The molecule has 0 spiro atoms. The monoisotopic (exact) mass is 162 g/mol. The van der Waals surface area contributed by atoms with E-state index in [0.29, 0.717) is 0 Å². The number of benzene rings is 1. The maximum atomic E-state index is 5.17. The van der Waals surface area contributed by atoms with Crippen LogP contribution in [0, 0.1) is 6.92 Å². The van der Waals surface area contributed by atoms with Crippen LogP contribution < -0.4 is 4.74 Å². The van der Waals surface area contributed by atoms with Crippen LogP contribution in [0.1, 0.15) is 5.56 Å². The Labute approximate surface area is 70.4 Å². The number of ether oxygens (including phenoxy) is 1. The fourth-order valence-electron chi connectivity index (χ4n) is 1.32. The number of methoxy groups -OCH3 is 1. The lowest BCUT2D eigenvalue weighted by molar-refractivity contribution is 0.418. The molecule has 0 aliphatic carbocycles. The maximum absolute atomic E-state index is 5.17. The molecule has 0 saturated heterocycles. The highest BCUT2D eigenvalue weighted by atomic mass is 16.5. The first-order valence-electron chi connectivity index (χ1n) is 3.79. The molecular formula is C9H10N2O. The molecule has 3 heteroatoms. The van der Waals surface area contributed by atoms with E-state index >= 15 is 0 Å². The second-order valence-electron chi connectivity index (χ2n) is 2.74. The predicted molar refractivity (Wildman–Crippen MR) is 47.4 cm³/mol. The van der Waals surface area contributed by atoms with Gasteiger partial charge in [0.1, 0.15) is 11.3 Å². The molecule has 0 amide bonds. The number of nitrogens with one attached hydrogen (secondary N) is 1. The van der Waals surface area contributed by atoms with E-state index in [-0.39, 0.29) is 0 Å². The highest BCUT2D eigenvalue weighted by Gasteiger charge is 2.04. The standard InChI is InChI=1S/C9H10N2O/c1-6-3-4-8(12-2)9-7(6)5-10-11-9/h3-5H,1-2H3,(H,10,11).